The lowest BCUT2D eigenvalue weighted by molar-refractivity contribution is -0.152. The van der Waals surface area contributed by atoms with E-state index in [1.807, 2.05) is 6.07 Å². The average Bonchev–Trinajstić information content (AvgIpc) is 3.33. The Bertz CT molecular complexity index is 1140. The molecule has 1 amide bonds. The first-order valence-electron chi connectivity index (χ1n) is 9.56. The zero-order valence-corrected chi connectivity index (χ0v) is 16.0. The lowest BCUT2D eigenvalue weighted by Crippen LogP contribution is -2.30. The van der Waals surface area contributed by atoms with Gasteiger partial charge in [-0.1, -0.05) is 12.1 Å². The molecule has 0 saturated carbocycles. The van der Waals surface area contributed by atoms with Gasteiger partial charge in [0.15, 0.2) is 6.10 Å². The maximum atomic E-state index is 12.4. The molecule has 0 fully saturated rings. The molecule has 146 valence electrons. The van der Waals surface area contributed by atoms with Gasteiger partial charge in [-0.3, -0.25) is 9.59 Å². The zero-order chi connectivity index (χ0) is 20.4. The highest BCUT2D eigenvalue weighted by Crippen LogP contribution is 2.30. The summed E-state index contributed by atoms with van der Waals surface area (Å²) in [6.07, 6.45) is 3.86. The van der Waals surface area contributed by atoms with Crippen molar-refractivity contribution in [2.24, 2.45) is 0 Å². The number of carbonyl (C=O) groups is 2. The first kappa shape index (κ1) is 18.8. The number of hydrogen-bond acceptors (Lipinski definition) is 5. The van der Waals surface area contributed by atoms with Gasteiger partial charge in [-0.05, 0) is 61.6 Å². The minimum Gasteiger partial charge on any atom is -0.464 e. The zero-order valence-electron chi connectivity index (χ0n) is 16.0. The summed E-state index contributed by atoms with van der Waals surface area (Å²) in [6, 6.07) is 12.8. The van der Waals surface area contributed by atoms with E-state index in [9.17, 15) is 9.59 Å². The van der Waals surface area contributed by atoms with E-state index in [4.69, 9.17) is 14.4 Å². The molecule has 1 heterocycles. The molecule has 6 heteroatoms. The van der Waals surface area contributed by atoms with Crippen LogP contribution < -0.4 is 5.32 Å². The number of esters is 1. The van der Waals surface area contributed by atoms with Crippen LogP contribution in [-0.2, 0) is 33.6 Å². The molecule has 0 radical (unpaired) electrons. The Hall–Kier alpha value is -3.59. The van der Waals surface area contributed by atoms with Crippen molar-refractivity contribution in [1.29, 1.82) is 5.26 Å². The lowest BCUT2D eigenvalue weighted by atomic mass is 10.0. The molecule has 3 aromatic rings. The van der Waals surface area contributed by atoms with Crippen molar-refractivity contribution in [1.82, 2.24) is 0 Å². The van der Waals surface area contributed by atoms with Crippen molar-refractivity contribution in [3.05, 3.63) is 64.9 Å². The number of hydrogen-bond donors (Lipinski definition) is 1. The van der Waals surface area contributed by atoms with Crippen LogP contribution in [0.3, 0.4) is 0 Å². The van der Waals surface area contributed by atoms with Crippen molar-refractivity contribution in [2.45, 2.75) is 38.7 Å². The van der Waals surface area contributed by atoms with Gasteiger partial charge >= 0.3 is 5.97 Å². The highest BCUT2D eigenvalue weighted by molar-refractivity contribution is 5.96. The highest BCUT2D eigenvalue weighted by Gasteiger charge is 2.21. The van der Waals surface area contributed by atoms with Crippen LogP contribution in [0.25, 0.3) is 11.0 Å². The van der Waals surface area contributed by atoms with Gasteiger partial charge in [0.25, 0.3) is 5.91 Å². The average molecular weight is 388 g/mol. The Morgan fingerprint density at radius 3 is 2.79 bits per heavy atom. The monoisotopic (exact) mass is 388 g/mol. The number of nitriles is 1. The molecule has 0 saturated heterocycles. The second-order valence-electron chi connectivity index (χ2n) is 7.19. The summed E-state index contributed by atoms with van der Waals surface area (Å²) in [5, 5.41) is 12.7. The number of aryl methyl sites for hydroxylation is 2. The fourth-order valence-electron chi connectivity index (χ4n) is 3.66. The van der Waals surface area contributed by atoms with Gasteiger partial charge in [-0.25, -0.2) is 0 Å². The predicted octanol–water partition coefficient (Wildman–Crippen LogP) is 3.91. The van der Waals surface area contributed by atoms with Gasteiger partial charge < -0.3 is 14.5 Å². The molecule has 1 aromatic heterocycles. The molecule has 1 atom stereocenters. The predicted molar refractivity (Wildman–Crippen MR) is 107 cm³/mol. The van der Waals surface area contributed by atoms with E-state index >= 15 is 0 Å². The van der Waals surface area contributed by atoms with Gasteiger partial charge in [0.2, 0.25) is 0 Å². The Kier molecular flexibility index (Phi) is 5.05. The van der Waals surface area contributed by atoms with E-state index in [2.05, 4.69) is 17.4 Å². The molecule has 29 heavy (non-hydrogen) atoms. The summed E-state index contributed by atoms with van der Waals surface area (Å²) in [5.74, 6) is -1.000. The van der Waals surface area contributed by atoms with Gasteiger partial charge in [0.05, 0.1) is 23.9 Å². The van der Waals surface area contributed by atoms with Gasteiger partial charge in [-0.15, -0.1) is 0 Å². The summed E-state index contributed by atoms with van der Waals surface area (Å²) in [4.78, 5) is 24.7. The van der Waals surface area contributed by atoms with Crippen LogP contribution in [0.15, 0.2) is 47.1 Å². The molecular formula is C23H20N2O4. The van der Waals surface area contributed by atoms with Crippen molar-refractivity contribution >= 4 is 28.5 Å². The number of fused-ring (bicyclic) bond motifs is 2. The number of benzene rings is 2. The number of rotatable bonds is 5. The molecular weight excluding hydrogens is 368 g/mol. The first-order chi connectivity index (χ1) is 14.0. The smallest absolute Gasteiger partial charge is 0.311 e. The molecule has 2 aromatic carbocycles. The van der Waals surface area contributed by atoms with Crippen LogP contribution in [0.4, 0.5) is 5.69 Å². The van der Waals surface area contributed by atoms with E-state index in [0.717, 1.165) is 35.8 Å². The summed E-state index contributed by atoms with van der Waals surface area (Å²) in [5.41, 5.74) is 4.87. The number of nitrogens with zero attached hydrogens (tertiary/aromatic N) is 1. The van der Waals surface area contributed by atoms with E-state index in [0.29, 0.717) is 11.3 Å². The van der Waals surface area contributed by atoms with Gasteiger partial charge in [-0.2, -0.15) is 5.26 Å². The quantitative estimate of drug-likeness (QED) is 0.669. The fraction of sp³-hybridized carbons (Fsp3) is 0.261. The van der Waals surface area contributed by atoms with Crippen molar-refractivity contribution < 1.29 is 18.7 Å². The Labute approximate surface area is 168 Å². The van der Waals surface area contributed by atoms with E-state index in [-0.39, 0.29) is 6.42 Å². The topological polar surface area (TPSA) is 92.3 Å². The first-order valence-corrected chi connectivity index (χ1v) is 9.56. The molecule has 0 bridgehead atoms. The normalized spacial score (nSPS) is 13.5. The van der Waals surface area contributed by atoms with Crippen molar-refractivity contribution in [3.8, 4) is 6.07 Å². The van der Waals surface area contributed by atoms with Crippen LogP contribution in [0.1, 0.15) is 35.6 Å². The fourth-order valence-corrected chi connectivity index (χ4v) is 3.66. The standard InChI is InChI=1S/C23H20N2O4/c1-14(23(27)25-20-8-3-2-5-17(20)12-24)29-22(26)11-18-13-28-21-10-16-7-4-6-15(16)9-19(18)21/h2-3,5,8-10,13-14H,4,6-7,11H2,1H3,(H,25,27)/t14-/m1/s1. The summed E-state index contributed by atoms with van der Waals surface area (Å²) < 4.78 is 10.9. The maximum Gasteiger partial charge on any atom is 0.311 e. The third-order valence-electron chi connectivity index (χ3n) is 5.19. The number of amides is 1. The van der Waals surface area contributed by atoms with Crippen molar-refractivity contribution in [3.63, 3.8) is 0 Å². The number of anilines is 1. The van der Waals surface area contributed by atoms with Crippen LogP contribution in [0.5, 0.6) is 0 Å². The van der Waals surface area contributed by atoms with E-state index in [1.54, 1.807) is 30.5 Å². The Balaban J connectivity index is 1.41. The van der Waals surface area contributed by atoms with E-state index < -0.39 is 18.0 Å². The lowest BCUT2D eigenvalue weighted by Gasteiger charge is -2.14. The number of carbonyl (C=O) groups excluding carboxylic acids is 2. The number of furan rings is 1. The molecule has 4 rings (SSSR count). The van der Waals surface area contributed by atoms with Gasteiger partial charge in [0.1, 0.15) is 11.7 Å². The summed E-state index contributed by atoms with van der Waals surface area (Å²) in [6.45, 7) is 1.50. The molecule has 1 N–H and O–H groups in total. The largest absolute Gasteiger partial charge is 0.464 e. The number of ether oxygens (including phenoxy) is 1. The third-order valence-corrected chi connectivity index (χ3v) is 5.19. The number of nitrogens with one attached hydrogen (secondary N) is 1. The van der Waals surface area contributed by atoms with E-state index in [1.165, 1.54) is 18.1 Å². The molecule has 1 aliphatic rings. The molecule has 0 spiro atoms. The van der Waals surface area contributed by atoms with Gasteiger partial charge in [0, 0.05) is 10.9 Å². The van der Waals surface area contributed by atoms with Crippen LogP contribution in [0.2, 0.25) is 0 Å². The van der Waals surface area contributed by atoms with Crippen LogP contribution in [-0.4, -0.2) is 18.0 Å². The molecule has 6 nitrogen and oxygen atoms in total. The van der Waals surface area contributed by atoms with Crippen LogP contribution >= 0.6 is 0 Å². The highest BCUT2D eigenvalue weighted by atomic mass is 16.5. The second-order valence-corrected chi connectivity index (χ2v) is 7.19. The van der Waals surface area contributed by atoms with Crippen LogP contribution in [0, 0.1) is 11.3 Å². The Morgan fingerprint density at radius 1 is 1.24 bits per heavy atom. The maximum absolute atomic E-state index is 12.4. The SMILES string of the molecule is C[C@@H](OC(=O)Cc1coc2cc3c(cc12)CCC3)C(=O)Nc1ccccc1C#N. The summed E-state index contributed by atoms with van der Waals surface area (Å²) >= 11 is 0. The Morgan fingerprint density at radius 2 is 2.00 bits per heavy atom. The third kappa shape index (κ3) is 3.85. The molecule has 1 aliphatic carbocycles. The minimum atomic E-state index is -0.989. The minimum absolute atomic E-state index is 0.0260. The van der Waals surface area contributed by atoms with Crippen molar-refractivity contribution in [2.75, 3.05) is 5.32 Å². The summed E-state index contributed by atoms with van der Waals surface area (Å²) in [7, 11) is 0. The number of para-hydroxylation sites is 1. The molecule has 0 aliphatic heterocycles. The second kappa shape index (κ2) is 7.80. The molecule has 0 unspecified atom stereocenters.